The molecule has 0 saturated carbocycles. The summed E-state index contributed by atoms with van der Waals surface area (Å²) in [4.78, 5) is 11.3. The van der Waals surface area contributed by atoms with Crippen molar-refractivity contribution in [3.05, 3.63) is 35.4 Å². The van der Waals surface area contributed by atoms with Crippen LogP contribution < -0.4 is 0 Å². The Balaban J connectivity index is 2.97. The van der Waals surface area contributed by atoms with E-state index in [2.05, 4.69) is 5.16 Å². The Hall–Kier alpha value is -1.35. The average Bonchev–Trinajstić information content (AvgIpc) is 2.17. The molecule has 1 rings (SSSR count). The van der Waals surface area contributed by atoms with Gasteiger partial charge in [0.25, 0.3) is 0 Å². The van der Waals surface area contributed by atoms with Gasteiger partial charge >= 0.3 is 0 Å². The van der Waals surface area contributed by atoms with Gasteiger partial charge < -0.3 is 5.21 Å². The molecule has 3 nitrogen and oxygen atoms in total. The predicted molar refractivity (Wildman–Crippen MR) is 50.6 cm³/mol. The molecule has 4 heteroatoms. The van der Waals surface area contributed by atoms with Crippen LogP contribution in [0.3, 0.4) is 0 Å². The second-order valence-corrected chi connectivity index (χ2v) is 2.94. The minimum Gasteiger partial charge on any atom is -0.410 e. The molecule has 0 aliphatic carbocycles. The molecule has 0 unspecified atom stereocenters. The van der Waals surface area contributed by atoms with Gasteiger partial charge in [-0.25, -0.2) is 0 Å². The van der Waals surface area contributed by atoms with E-state index in [9.17, 15) is 4.79 Å². The predicted octanol–water partition coefficient (Wildman–Crippen LogP) is 2.20. The number of carbonyl (C=O) groups is 1. The lowest BCUT2D eigenvalue weighted by molar-refractivity contribution is 0.106. The first-order chi connectivity index (χ1) is 6.15. The molecular weight excluding hydrogens is 190 g/mol. The maximum atomic E-state index is 11.3. The van der Waals surface area contributed by atoms with Crippen LogP contribution in [-0.4, -0.2) is 16.2 Å². The monoisotopic (exact) mass is 197 g/mol. The van der Waals surface area contributed by atoms with E-state index in [0.29, 0.717) is 5.56 Å². The highest BCUT2D eigenvalue weighted by Crippen LogP contribution is 2.06. The van der Waals surface area contributed by atoms with Crippen molar-refractivity contribution in [3.63, 3.8) is 0 Å². The first kappa shape index (κ1) is 9.74. The number of aryl methyl sites for hydroxylation is 1. The fourth-order valence-electron chi connectivity index (χ4n) is 0.869. The van der Waals surface area contributed by atoms with Crippen molar-refractivity contribution < 1.29 is 10.0 Å². The first-order valence-electron chi connectivity index (χ1n) is 3.64. The number of halogens is 1. The van der Waals surface area contributed by atoms with Crippen molar-refractivity contribution in [2.75, 3.05) is 0 Å². The van der Waals surface area contributed by atoms with E-state index in [0.717, 1.165) is 5.56 Å². The quantitative estimate of drug-likeness (QED) is 0.342. The zero-order chi connectivity index (χ0) is 9.84. The van der Waals surface area contributed by atoms with Crippen LogP contribution in [0.15, 0.2) is 29.4 Å². The number of hydrogen-bond acceptors (Lipinski definition) is 3. The summed E-state index contributed by atoms with van der Waals surface area (Å²) in [7, 11) is 0. The number of nitrogens with zero attached hydrogens (tertiary/aromatic N) is 1. The van der Waals surface area contributed by atoms with Crippen LogP contribution in [0.25, 0.3) is 0 Å². The van der Waals surface area contributed by atoms with Gasteiger partial charge in [-0.2, -0.15) is 0 Å². The largest absolute Gasteiger partial charge is 0.410 e. The molecule has 0 aliphatic heterocycles. The third-order valence-electron chi connectivity index (χ3n) is 1.59. The smallest absolute Gasteiger partial charge is 0.226 e. The van der Waals surface area contributed by atoms with Gasteiger partial charge in [0.2, 0.25) is 11.0 Å². The van der Waals surface area contributed by atoms with E-state index in [-0.39, 0.29) is 0 Å². The van der Waals surface area contributed by atoms with Gasteiger partial charge in [0, 0.05) is 5.56 Å². The Morgan fingerprint density at radius 3 is 2.38 bits per heavy atom. The number of ketones is 1. The molecule has 0 amide bonds. The molecule has 0 radical (unpaired) electrons. The number of hydrogen-bond donors (Lipinski definition) is 1. The summed E-state index contributed by atoms with van der Waals surface area (Å²) in [6.07, 6.45) is 0. The maximum absolute atomic E-state index is 11.3. The fourth-order valence-corrected chi connectivity index (χ4v) is 0.979. The lowest BCUT2D eigenvalue weighted by atomic mass is 10.1. The maximum Gasteiger partial charge on any atom is 0.226 e. The molecule has 13 heavy (non-hydrogen) atoms. The van der Waals surface area contributed by atoms with Gasteiger partial charge in [-0.05, 0) is 6.92 Å². The lowest BCUT2D eigenvalue weighted by Gasteiger charge is -1.97. The van der Waals surface area contributed by atoms with E-state index in [1.165, 1.54) is 0 Å². The van der Waals surface area contributed by atoms with Crippen LogP contribution in [-0.2, 0) is 0 Å². The number of Topliss-reactive ketones (excluding diaryl/α,β-unsaturated/α-hetero) is 1. The standard InChI is InChI=1S/C9H8ClNO2/c1-6-2-4-7(5-3-6)8(12)9(10)11-13/h2-5,13H,1H3/b11-9+. The molecule has 1 N–H and O–H groups in total. The zero-order valence-corrected chi connectivity index (χ0v) is 7.75. The summed E-state index contributed by atoms with van der Waals surface area (Å²) < 4.78 is 0. The van der Waals surface area contributed by atoms with Crippen LogP contribution in [0.5, 0.6) is 0 Å². The van der Waals surface area contributed by atoms with Gasteiger partial charge in [0.1, 0.15) is 0 Å². The summed E-state index contributed by atoms with van der Waals surface area (Å²) in [5.74, 6) is -0.482. The molecule has 0 fully saturated rings. The Morgan fingerprint density at radius 2 is 1.92 bits per heavy atom. The zero-order valence-electron chi connectivity index (χ0n) is 6.99. The molecule has 1 aromatic carbocycles. The molecule has 0 atom stereocenters. The normalized spacial score (nSPS) is 11.4. The molecule has 0 heterocycles. The Kier molecular flexibility index (Phi) is 3.03. The fraction of sp³-hybridized carbons (Fsp3) is 0.111. The Labute approximate surface area is 80.6 Å². The molecule has 0 spiro atoms. The molecule has 1 aromatic rings. The third kappa shape index (κ3) is 2.29. The van der Waals surface area contributed by atoms with E-state index >= 15 is 0 Å². The van der Waals surface area contributed by atoms with Gasteiger partial charge in [-0.15, -0.1) is 0 Å². The second kappa shape index (κ2) is 4.05. The van der Waals surface area contributed by atoms with E-state index in [4.69, 9.17) is 16.8 Å². The van der Waals surface area contributed by atoms with Crippen LogP contribution in [0.4, 0.5) is 0 Å². The van der Waals surface area contributed by atoms with Crippen molar-refractivity contribution >= 4 is 22.6 Å². The second-order valence-electron chi connectivity index (χ2n) is 2.59. The summed E-state index contributed by atoms with van der Waals surface area (Å²) in [5, 5.41) is 10.4. The lowest BCUT2D eigenvalue weighted by Crippen LogP contribution is -2.07. The Bertz CT molecular complexity index is 343. The molecule has 0 bridgehead atoms. The summed E-state index contributed by atoms with van der Waals surface area (Å²) in [6, 6.07) is 6.83. The highest BCUT2D eigenvalue weighted by molar-refractivity contribution is 6.84. The van der Waals surface area contributed by atoms with Crippen molar-refractivity contribution in [2.45, 2.75) is 6.92 Å². The van der Waals surface area contributed by atoms with Crippen LogP contribution in [0.2, 0.25) is 0 Å². The number of benzene rings is 1. The highest BCUT2D eigenvalue weighted by atomic mass is 35.5. The van der Waals surface area contributed by atoms with Crippen molar-refractivity contribution in [1.82, 2.24) is 0 Å². The molecule has 0 saturated heterocycles. The van der Waals surface area contributed by atoms with Gasteiger partial charge in [0.05, 0.1) is 0 Å². The molecule has 0 aromatic heterocycles. The minimum absolute atomic E-state index is 0.411. The van der Waals surface area contributed by atoms with Gasteiger partial charge in [-0.3, -0.25) is 4.79 Å². The van der Waals surface area contributed by atoms with Crippen LogP contribution >= 0.6 is 11.6 Å². The summed E-state index contributed by atoms with van der Waals surface area (Å²) in [5.41, 5.74) is 1.46. The average molecular weight is 198 g/mol. The van der Waals surface area contributed by atoms with Crippen molar-refractivity contribution in [3.8, 4) is 0 Å². The molecule has 68 valence electrons. The van der Waals surface area contributed by atoms with E-state index in [1.54, 1.807) is 24.3 Å². The topological polar surface area (TPSA) is 49.7 Å². The third-order valence-corrected chi connectivity index (χ3v) is 1.84. The number of rotatable bonds is 2. The minimum atomic E-state index is -0.482. The van der Waals surface area contributed by atoms with Crippen molar-refractivity contribution in [1.29, 1.82) is 0 Å². The van der Waals surface area contributed by atoms with Gasteiger partial charge in [-0.1, -0.05) is 46.6 Å². The van der Waals surface area contributed by atoms with E-state index < -0.39 is 11.0 Å². The molecule has 0 aliphatic rings. The van der Waals surface area contributed by atoms with Crippen LogP contribution in [0.1, 0.15) is 15.9 Å². The summed E-state index contributed by atoms with van der Waals surface area (Å²) in [6.45, 7) is 1.91. The highest BCUT2D eigenvalue weighted by Gasteiger charge is 2.11. The van der Waals surface area contributed by atoms with Crippen LogP contribution in [0, 0.1) is 6.92 Å². The first-order valence-corrected chi connectivity index (χ1v) is 4.02. The number of oxime groups is 1. The number of carbonyl (C=O) groups excluding carboxylic acids is 1. The van der Waals surface area contributed by atoms with Crippen molar-refractivity contribution in [2.24, 2.45) is 5.16 Å². The van der Waals surface area contributed by atoms with Gasteiger partial charge in [0.15, 0.2) is 0 Å². The molecular formula is C9H8ClNO2. The summed E-state index contributed by atoms with van der Waals surface area (Å²) >= 11 is 5.34. The SMILES string of the molecule is Cc1ccc(C(=O)/C(Cl)=N\O)cc1. The van der Waals surface area contributed by atoms with E-state index in [1.807, 2.05) is 6.92 Å². The Morgan fingerprint density at radius 1 is 1.38 bits per heavy atom.